The van der Waals surface area contributed by atoms with Crippen LogP contribution >= 0.6 is 0 Å². The minimum absolute atomic E-state index is 0.0280. The van der Waals surface area contributed by atoms with Gasteiger partial charge in [-0.2, -0.15) is 0 Å². The van der Waals surface area contributed by atoms with Crippen molar-refractivity contribution in [3.63, 3.8) is 0 Å². The summed E-state index contributed by atoms with van der Waals surface area (Å²) in [6, 6.07) is 0. The smallest absolute Gasteiger partial charge is 0.288 e. The Labute approximate surface area is 64.9 Å². The Bertz CT molecular complexity index is 179. The molecule has 0 radical (unpaired) electrons. The third-order valence-electron chi connectivity index (χ3n) is 0.992. The highest BCUT2D eigenvalue weighted by Crippen LogP contribution is 1.96. The van der Waals surface area contributed by atoms with Crippen LogP contribution in [0.15, 0.2) is 12.3 Å². The lowest BCUT2D eigenvalue weighted by Gasteiger charge is -2.24. The van der Waals surface area contributed by atoms with Crippen LogP contribution in [0.25, 0.3) is 0 Å². The summed E-state index contributed by atoms with van der Waals surface area (Å²) in [5, 5.41) is 1.05. The van der Waals surface area contributed by atoms with Crippen LogP contribution in [0, 0.1) is 0 Å². The van der Waals surface area contributed by atoms with Crippen molar-refractivity contribution in [3.8, 4) is 0 Å². The maximum absolute atomic E-state index is 10.9. The van der Waals surface area contributed by atoms with Crippen molar-refractivity contribution in [2.75, 3.05) is 0 Å². The summed E-state index contributed by atoms with van der Waals surface area (Å²) >= 11 is 0. The molecule has 0 aliphatic carbocycles. The highest BCUT2D eigenvalue weighted by Gasteiger charge is 2.14. The molecule has 5 heteroatoms. The molecule has 0 spiro atoms. The molecule has 1 aliphatic heterocycles. The number of rotatable bonds is 2. The monoisotopic (exact) mass is 157 g/mol. The van der Waals surface area contributed by atoms with E-state index in [0.717, 1.165) is 5.17 Å². The average Bonchev–Trinajstić information content (AvgIpc) is 1.93. The standard InChI is InChI=1S/C6H11N3O2/c1-5(2)11-9-6(10)3-4-7-8-9/h3-5,7-8H,1-2H3. The lowest BCUT2D eigenvalue weighted by Crippen LogP contribution is -2.51. The van der Waals surface area contributed by atoms with Crippen molar-refractivity contribution in [2.45, 2.75) is 20.0 Å². The Morgan fingerprint density at radius 3 is 2.91 bits per heavy atom. The topological polar surface area (TPSA) is 53.6 Å². The van der Waals surface area contributed by atoms with E-state index in [0.29, 0.717) is 0 Å². The van der Waals surface area contributed by atoms with Crippen molar-refractivity contribution < 1.29 is 9.63 Å². The van der Waals surface area contributed by atoms with Gasteiger partial charge in [0.05, 0.1) is 6.10 Å². The fraction of sp³-hybridized carbons (Fsp3) is 0.500. The summed E-state index contributed by atoms with van der Waals surface area (Å²) in [6.07, 6.45) is 2.85. The molecule has 0 saturated heterocycles. The lowest BCUT2D eigenvalue weighted by molar-refractivity contribution is -0.223. The first-order valence-electron chi connectivity index (χ1n) is 3.38. The molecule has 1 heterocycles. The SMILES string of the molecule is CC(C)ON1NNC=CC1=O. The average molecular weight is 157 g/mol. The van der Waals surface area contributed by atoms with Crippen LogP contribution in [0.5, 0.6) is 0 Å². The number of amides is 1. The number of hydrazine groups is 2. The molecule has 0 aromatic carbocycles. The van der Waals surface area contributed by atoms with Gasteiger partial charge in [0, 0.05) is 12.3 Å². The van der Waals surface area contributed by atoms with Crippen LogP contribution in [0.2, 0.25) is 0 Å². The molecule has 0 atom stereocenters. The van der Waals surface area contributed by atoms with E-state index in [9.17, 15) is 4.79 Å². The van der Waals surface area contributed by atoms with E-state index in [4.69, 9.17) is 4.84 Å². The fourth-order valence-corrected chi connectivity index (χ4v) is 0.621. The minimum Gasteiger partial charge on any atom is -0.309 e. The Morgan fingerprint density at radius 2 is 2.36 bits per heavy atom. The number of nitrogens with one attached hydrogen (secondary N) is 2. The van der Waals surface area contributed by atoms with Crippen molar-refractivity contribution in [1.82, 2.24) is 16.1 Å². The molecule has 0 fully saturated rings. The third-order valence-corrected chi connectivity index (χ3v) is 0.992. The predicted molar refractivity (Wildman–Crippen MR) is 38.5 cm³/mol. The number of nitrogens with zero attached hydrogens (tertiary/aromatic N) is 1. The van der Waals surface area contributed by atoms with E-state index in [2.05, 4.69) is 11.0 Å². The van der Waals surface area contributed by atoms with Gasteiger partial charge in [-0.15, -0.1) is 10.7 Å². The van der Waals surface area contributed by atoms with Crippen LogP contribution in [-0.2, 0) is 9.63 Å². The molecular formula is C6H11N3O2. The number of hydroxylamine groups is 1. The van der Waals surface area contributed by atoms with Gasteiger partial charge in [0.25, 0.3) is 5.91 Å². The van der Waals surface area contributed by atoms with Crippen molar-refractivity contribution in [1.29, 1.82) is 0 Å². The molecule has 11 heavy (non-hydrogen) atoms. The first-order chi connectivity index (χ1) is 5.20. The second kappa shape index (κ2) is 3.36. The van der Waals surface area contributed by atoms with E-state index in [1.165, 1.54) is 12.3 Å². The van der Waals surface area contributed by atoms with E-state index in [1.54, 1.807) is 0 Å². The van der Waals surface area contributed by atoms with Gasteiger partial charge < -0.3 is 5.43 Å². The van der Waals surface area contributed by atoms with Crippen LogP contribution in [-0.4, -0.2) is 17.2 Å². The van der Waals surface area contributed by atoms with E-state index >= 15 is 0 Å². The normalized spacial score (nSPS) is 17.4. The van der Waals surface area contributed by atoms with Crippen LogP contribution in [0.3, 0.4) is 0 Å². The number of hydrogen-bond acceptors (Lipinski definition) is 4. The second-order valence-corrected chi connectivity index (χ2v) is 2.38. The maximum Gasteiger partial charge on any atom is 0.288 e. The fourth-order valence-electron chi connectivity index (χ4n) is 0.621. The Hall–Kier alpha value is -1.07. The van der Waals surface area contributed by atoms with Crippen molar-refractivity contribution >= 4 is 5.91 Å². The van der Waals surface area contributed by atoms with Gasteiger partial charge in [0.1, 0.15) is 0 Å². The summed E-state index contributed by atoms with van der Waals surface area (Å²) in [5.41, 5.74) is 5.15. The van der Waals surface area contributed by atoms with Gasteiger partial charge in [-0.05, 0) is 13.8 Å². The summed E-state index contributed by atoms with van der Waals surface area (Å²) < 4.78 is 0. The Balaban J connectivity index is 2.45. The van der Waals surface area contributed by atoms with Gasteiger partial charge >= 0.3 is 0 Å². The van der Waals surface area contributed by atoms with Crippen molar-refractivity contribution in [2.24, 2.45) is 0 Å². The molecular weight excluding hydrogens is 146 g/mol. The predicted octanol–water partition coefficient (Wildman–Crippen LogP) is -0.309. The molecule has 5 nitrogen and oxygen atoms in total. The quantitative estimate of drug-likeness (QED) is 0.577. The molecule has 0 aromatic rings. The Kier molecular flexibility index (Phi) is 2.45. The molecule has 0 saturated carbocycles. The summed E-state index contributed by atoms with van der Waals surface area (Å²) in [5.74, 6) is -0.225. The summed E-state index contributed by atoms with van der Waals surface area (Å²) in [6.45, 7) is 3.68. The number of hydrogen-bond donors (Lipinski definition) is 2. The van der Waals surface area contributed by atoms with E-state index in [1.807, 2.05) is 13.8 Å². The first-order valence-corrected chi connectivity index (χ1v) is 3.38. The Morgan fingerprint density at radius 1 is 1.64 bits per heavy atom. The molecule has 1 aliphatic rings. The second-order valence-electron chi connectivity index (χ2n) is 2.38. The van der Waals surface area contributed by atoms with Crippen molar-refractivity contribution in [3.05, 3.63) is 12.3 Å². The summed E-state index contributed by atoms with van der Waals surface area (Å²) in [4.78, 5) is 16.0. The zero-order valence-corrected chi connectivity index (χ0v) is 6.50. The maximum atomic E-state index is 10.9. The molecule has 2 N–H and O–H groups in total. The molecule has 0 aromatic heterocycles. The zero-order valence-electron chi connectivity index (χ0n) is 6.50. The minimum atomic E-state index is -0.225. The third kappa shape index (κ3) is 2.21. The number of carbonyl (C=O) groups is 1. The first kappa shape index (κ1) is 8.03. The summed E-state index contributed by atoms with van der Waals surface area (Å²) in [7, 11) is 0. The highest BCUT2D eigenvalue weighted by atomic mass is 16.7. The van der Waals surface area contributed by atoms with Gasteiger partial charge in [-0.25, -0.2) is 0 Å². The molecule has 0 bridgehead atoms. The largest absolute Gasteiger partial charge is 0.309 e. The van der Waals surface area contributed by atoms with Crippen LogP contribution in [0.4, 0.5) is 0 Å². The van der Waals surface area contributed by atoms with E-state index in [-0.39, 0.29) is 12.0 Å². The van der Waals surface area contributed by atoms with Crippen LogP contribution in [0.1, 0.15) is 13.8 Å². The number of carbonyl (C=O) groups excluding carboxylic acids is 1. The lowest BCUT2D eigenvalue weighted by atomic mass is 10.5. The van der Waals surface area contributed by atoms with Gasteiger partial charge in [-0.3, -0.25) is 9.63 Å². The molecule has 0 unspecified atom stereocenters. The highest BCUT2D eigenvalue weighted by molar-refractivity contribution is 5.86. The zero-order chi connectivity index (χ0) is 8.27. The van der Waals surface area contributed by atoms with Gasteiger partial charge in [-0.1, -0.05) is 0 Å². The van der Waals surface area contributed by atoms with Gasteiger partial charge in [0.2, 0.25) is 0 Å². The molecule has 1 rings (SSSR count). The van der Waals surface area contributed by atoms with E-state index < -0.39 is 0 Å². The van der Waals surface area contributed by atoms with Gasteiger partial charge in [0.15, 0.2) is 0 Å². The molecule has 62 valence electrons. The molecule has 1 amide bonds. The van der Waals surface area contributed by atoms with Crippen LogP contribution < -0.4 is 11.0 Å².